The van der Waals surface area contributed by atoms with Crippen LogP contribution in [0.2, 0.25) is 0 Å². The molecule has 0 radical (unpaired) electrons. The third-order valence-electron chi connectivity index (χ3n) is 3.21. The molecule has 108 valence electrons. The molecule has 1 atom stereocenters. The summed E-state index contributed by atoms with van der Waals surface area (Å²) in [5.41, 5.74) is 6.00. The first-order valence-corrected chi connectivity index (χ1v) is 7.28. The van der Waals surface area contributed by atoms with E-state index >= 15 is 0 Å². The molecule has 0 amide bonds. The van der Waals surface area contributed by atoms with Crippen LogP contribution in [-0.4, -0.2) is 16.7 Å². The summed E-state index contributed by atoms with van der Waals surface area (Å²) in [4.78, 5) is 1.03. The van der Waals surface area contributed by atoms with Gasteiger partial charge in [-0.3, -0.25) is 5.84 Å². The van der Waals surface area contributed by atoms with Crippen molar-refractivity contribution in [2.24, 2.45) is 5.84 Å². The van der Waals surface area contributed by atoms with E-state index in [1.54, 1.807) is 7.11 Å². The summed E-state index contributed by atoms with van der Waals surface area (Å²) in [5, 5.41) is 4.22. The highest BCUT2D eigenvalue weighted by molar-refractivity contribution is 7.05. The quantitative estimate of drug-likeness (QED) is 0.654. The van der Waals surface area contributed by atoms with E-state index in [-0.39, 0.29) is 6.04 Å². The molecule has 6 heteroatoms. The summed E-state index contributed by atoms with van der Waals surface area (Å²) in [6, 6.07) is 5.89. The fourth-order valence-electron chi connectivity index (χ4n) is 2.19. The Bertz CT molecular complexity index is 582. The van der Waals surface area contributed by atoms with Gasteiger partial charge in [0, 0.05) is 5.56 Å². The smallest absolute Gasteiger partial charge is 0.124 e. The molecule has 0 aliphatic rings. The molecule has 0 spiro atoms. The number of nitrogens with one attached hydrogen (secondary N) is 1. The lowest BCUT2D eigenvalue weighted by molar-refractivity contribution is 0.404. The third kappa shape index (κ3) is 2.82. The third-order valence-corrected chi connectivity index (χ3v) is 4.02. The summed E-state index contributed by atoms with van der Waals surface area (Å²) >= 11 is 1.37. The highest BCUT2D eigenvalue weighted by Gasteiger charge is 2.24. The van der Waals surface area contributed by atoms with Crippen molar-refractivity contribution in [3.8, 4) is 5.75 Å². The number of nitrogens with two attached hydrogens (primary N) is 1. The van der Waals surface area contributed by atoms with Crippen LogP contribution in [-0.2, 0) is 0 Å². The second kappa shape index (κ2) is 6.30. The second-order valence-corrected chi connectivity index (χ2v) is 5.81. The van der Waals surface area contributed by atoms with Gasteiger partial charge in [-0.1, -0.05) is 36.0 Å². The first-order valence-electron chi connectivity index (χ1n) is 6.51. The van der Waals surface area contributed by atoms with Crippen LogP contribution in [0.25, 0.3) is 0 Å². The minimum absolute atomic E-state index is 0.165. The summed E-state index contributed by atoms with van der Waals surface area (Å²) < 4.78 is 9.52. The van der Waals surface area contributed by atoms with E-state index in [9.17, 15) is 0 Å². The van der Waals surface area contributed by atoms with Crippen LogP contribution < -0.4 is 16.0 Å². The van der Waals surface area contributed by atoms with Gasteiger partial charge in [0.2, 0.25) is 0 Å². The Balaban J connectivity index is 2.52. The van der Waals surface area contributed by atoms with Crippen molar-refractivity contribution in [1.29, 1.82) is 0 Å². The van der Waals surface area contributed by atoms with Crippen LogP contribution in [0.4, 0.5) is 0 Å². The zero-order chi connectivity index (χ0) is 14.7. The van der Waals surface area contributed by atoms with Crippen molar-refractivity contribution in [2.45, 2.75) is 32.7 Å². The SMILES string of the molecule is COc1ccc(C)cc1C(NN)c1snnc1C(C)C. The molecule has 3 N–H and O–H groups in total. The lowest BCUT2D eigenvalue weighted by atomic mass is 9.98. The van der Waals surface area contributed by atoms with Crippen molar-refractivity contribution >= 4 is 11.5 Å². The molecule has 1 aromatic heterocycles. The van der Waals surface area contributed by atoms with E-state index in [0.717, 1.165) is 27.4 Å². The van der Waals surface area contributed by atoms with Crippen LogP contribution in [0.1, 0.15) is 47.5 Å². The minimum atomic E-state index is -0.165. The Labute approximate surface area is 123 Å². The molecule has 2 aromatic rings. The number of aryl methyl sites for hydroxylation is 1. The molecular formula is C14H20N4OS. The number of benzene rings is 1. The van der Waals surface area contributed by atoms with Crippen LogP contribution in [0.5, 0.6) is 5.75 Å². The summed E-state index contributed by atoms with van der Waals surface area (Å²) in [6.45, 7) is 6.24. The number of aromatic nitrogens is 2. The number of rotatable bonds is 5. The van der Waals surface area contributed by atoms with Gasteiger partial charge in [-0.05, 0) is 30.4 Å². The lowest BCUT2D eigenvalue weighted by Gasteiger charge is -2.19. The predicted octanol–water partition coefficient (Wildman–Crippen LogP) is 2.53. The summed E-state index contributed by atoms with van der Waals surface area (Å²) in [6.07, 6.45) is 0. The molecule has 0 saturated carbocycles. The molecule has 1 unspecified atom stereocenters. The highest BCUT2D eigenvalue weighted by atomic mass is 32.1. The number of hydrazine groups is 1. The molecular weight excluding hydrogens is 272 g/mol. The van der Waals surface area contributed by atoms with Crippen molar-refractivity contribution in [2.75, 3.05) is 7.11 Å². The predicted molar refractivity (Wildman–Crippen MR) is 80.9 cm³/mol. The normalized spacial score (nSPS) is 12.7. The highest BCUT2D eigenvalue weighted by Crippen LogP contribution is 2.35. The van der Waals surface area contributed by atoms with Gasteiger partial charge < -0.3 is 4.74 Å². The van der Waals surface area contributed by atoms with E-state index in [2.05, 4.69) is 34.9 Å². The molecule has 2 rings (SSSR count). The summed E-state index contributed by atoms with van der Waals surface area (Å²) in [7, 11) is 1.66. The largest absolute Gasteiger partial charge is 0.496 e. The zero-order valence-corrected chi connectivity index (χ0v) is 13.0. The monoisotopic (exact) mass is 292 g/mol. The maximum Gasteiger partial charge on any atom is 0.124 e. The van der Waals surface area contributed by atoms with Gasteiger partial charge in [-0.15, -0.1) is 5.10 Å². The number of methoxy groups -OCH3 is 1. The fourth-order valence-corrected chi connectivity index (χ4v) is 3.08. The van der Waals surface area contributed by atoms with E-state index in [4.69, 9.17) is 10.6 Å². The molecule has 0 aliphatic carbocycles. The van der Waals surface area contributed by atoms with Gasteiger partial charge in [-0.25, -0.2) is 5.43 Å². The summed E-state index contributed by atoms with van der Waals surface area (Å²) in [5.74, 6) is 6.89. The van der Waals surface area contributed by atoms with Gasteiger partial charge in [0.25, 0.3) is 0 Å². The number of hydrogen-bond donors (Lipinski definition) is 2. The van der Waals surface area contributed by atoms with Crippen molar-refractivity contribution in [1.82, 2.24) is 15.0 Å². The van der Waals surface area contributed by atoms with Gasteiger partial charge in [-0.2, -0.15) is 0 Å². The average molecular weight is 292 g/mol. The van der Waals surface area contributed by atoms with Crippen molar-refractivity contribution < 1.29 is 4.74 Å². The fraction of sp³-hybridized carbons (Fsp3) is 0.429. The zero-order valence-electron chi connectivity index (χ0n) is 12.2. The minimum Gasteiger partial charge on any atom is -0.496 e. The lowest BCUT2D eigenvalue weighted by Crippen LogP contribution is -2.29. The molecule has 1 heterocycles. The standard InChI is InChI=1S/C14H20N4OS/c1-8(2)12-14(20-18-17-12)13(16-15)10-7-9(3)5-6-11(10)19-4/h5-8,13,16H,15H2,1-4H3. The van der Waals surface area contributed by atoms with E-state index in [0.29, 0.717) is 5.92 Å². The Hall–Kier alpha value is -1.50. The Kier molecular flexibility index (Phi) is 4.69. The maximum atomic E-state index is 5.78. The molecule has 1 aromatic carbocycles. The van der Waals surface area contributed by atoms with Crippen molar-refractivity contribution in [3.05, 3.63) is 39.9 Å². The molecule has 0 bridgehead atoms. The molecule has 5 nitrogen and oxygen atoms in total. The maximum absolute atomic E-state index is 5.78. The van der Waals surface area contributed by atoms with Crippen LogP contribution in [0.15, 0.2) is 18.2 Å². The Morgan fingerprint density at radius 3 is 2.70 bits per heavy atom. The molecule has 20 heavy (non-hydrogen) atoms. The molecule has 0 fully saturated rings. The van der Waals surface area contributed by atoms with E-state index in [1.807, 2.05) is 19.1 Å². The molecule has 0 saturated heterocycles. The first kappa shape index (κ1) is 14.9. The van der Waals surface area contributed by atoms with E-state index in [1.165, 1.54) is 11.5 Å². The van der Waals surface area contributed by atoms with Gasteiger partial charge in [0.1, 0.15) is 5.75 Å². The van der Waals surface area contributed by atoms with Gasteiger partial charge >= 0.3 is 0 Å². The Morgan fingerprint density at radius 2 is 2.10 bits per heavy atom. The van der Waals surface area contributed by atoms with Gasteiger partial charge in [0.05, 0.1) is 23.7 Å². The molecule has 0 aliphatic heterocycles. The van der Waals surface area contributed by atoms with Crippen LogP contribution >= 0.6 is 11.5 Å². The number of ether oxygens (including phenoxy) is 1. The van der Waals surface area contributed by atoms with Crippen LogP contribution in [0, 0.1) is 6.92 Å². The van der Waals surface area contributed by atoms with E-state index < -0.39 is 0 Å². The van der Waals surface area contributed by atoms with Crippen molar-refractivity contribution in [3.63, 3.8) is 0 Å². The number of nitrogens with zero attached hydrogens (tertiary/aromatic N) is 2. The number of hydrogen-bond acceptors (Lipinski definition) is 6. The van der Waals surface area contributed by atoms with Crippen LogP contribution in [0.3, 0.4) is 0 Å². The second-order valence-electron chi connectivity index (χ2n) is 5.02. The van der Waals surface area contributed by atoms with Gasteiger partial charge in [0.15, 0.2) is 0 Å². The topological polar surface area (TPSA) is 73.1 Å². The Morgan fingerprint density at radius 1 is 1.35 bits per heavy atom. The first-order chi connectivity index (χ1) is 9.58. The average Bonchev–Trinajstić information content (AvgIpc) is 2.89.